The van der Waals surface area contributed by atoms with Crippen molar-refractivity contribution in [1.29, 1.82) is 0 Å². The third-order valence-corrected chi connectivity index (χ3v) is 3.21. The summed E-state index contributed by atoms with van der Waals surface area (Å²) in [5, 5.41) is 21.1. The van der Waals surface area contributed by atoms with Crippen molar-refractivity contribution < 1.29 is 19.5 Å². The van der Waals surface area contributed by atoms with Crippen LogP contribution < -0.4 is 5.11 Å². The van der Waals surface area contributed by atoms with Crippen LogP contribution in [0, 0.1) is 5.92 Å². The summed E-state index contributed by atoms with van der Waals surface area (Å²) in [4.78, 5) is 11.1. The van der Waals surface area contributed by atoms with Crippen molar-refractivity contribution >= 4 is 5.97 Å². The molecule has 2 atom stereocenters. The molecule has 0 bridgehead atoms. The molecule has 0 aliphatic rings. The zero-order chi connectivity index (χ0) is 16.3. The largest absolute Gasteiger partial charge is 0.549 e. The number of allylic oxidation sites excluding steroid dienone is 3. The number of nitrogens with zero attached hydrogens (tertiary/aromatic N) is 1. The first kappa shape index (κ1) is 19.9. The van der Waals surface area contributed by atoms with E-state index in [-0.39, 0.29) is 0 Å². The van der Waals surface area contributed by atoms with Crippen LogP contribution in [0.2, 0.25) is 0 Å². The molecular formula is C17H31NO3. The first-order chi connectivity index (χ1) is 9.78. The molecule has 0 aromatic carbocycles. The number of carboxylic acids is 1. The Morgan fingerprint density at radius 2 is 1.86 bits per heavy atom. The smallest absolute Gasteiger partial charge is 0.114 e. The van der Waals surface area contributed by atoms with E-state index in [0.717, 1.165) is 12.8 Å². The lowest BCUT2D eigenvalue weighted by atomic mass is 10.0. The molecule has 0 radical (unpaired) electrons. The highest BCUT2D eigenvalue weighted by Gasteiger charge is 2.23. The summed E-state index contributed by atoms with van der Waals surface area (Å²) >= 11 is 0. The molecule has 4 heteroatoms. The summed E-state index contributed by atoms with van der Waals surface area (Å²) in [5.74, 6) is -2.20. The minimum Gasteiger partial charge on any atom is -0.549 e. The molecule has 21 heavy (non-hydrogen) atoms. The van der Waals surface area contributed by atoms with Gasteiger partial charge in [-0.25, -0.2) is 0 Å². The van der Waals surface area contributed by atoms with Crippen LogP contribution >= 0.6 is 0 Å². The average Bonchev–Trinajstić information content (AvgIpc) is 2.34. The minimum absolute atomic E-state index is 0.365. The van der Waals surface area contributed by atoms with Crippen LogP contribution in [0.4, 0.5) is 0 Å². The standard InChI is InChI=1S/C17H31NO3/c1-5-6-7-8-9-10-11-12-13-15(17(20)21)16(19)14-18(2,3)4/h10-13,15-16,19H,5-9,14H2,1-4H3. The lowest BCUT2D eigenvalue weighted by molar-refractivity contribution is -0.873. The maximum absolute atomic E-state index is 11.1. The van der Waals surface area contributed by atoms with Gasteiger partial charge >= 0.3 is 0 Å². The second-order valence-electron chi connectivity index (χ2n) is 6.55. The first-order valence-corrected chi connectivity index (χ1v) is 7.80. The number of likely N-dealkylation sites (N-methyl/N-ethyl adjacent to an activating group) is 1. The predicted octanol–water partition coefficient (Wildman–Crippen LogP) is 1.50. The molecule has 0 fully saturated rings. The van der Waals surface area contributed by atoms with Crippen LogP contribution in [-0.4, -0.2) is 49.4 Å². The molecule has 0 aliphatic carbocycles. The molecule has 2 unspecified atom stereocenters. The quantitative estimate of drug-likeness (QED) is 0.357. The van der Waals surface area contributed by atoms with Gasteiger partial charge in [-0.3, -0.25) is 0 Å². The SMILES string of the molecule is CCCCCCC=CC=CC(C(=O)[O-])C(O)C[N+](C)(C)C. The van der Waals surface area contributed by atoms with Gasteiger partial charge in [0.25, 0.3) is 0 Å². The van der Waals surface area contributed by atoms with Crippen LogP contribution in [0.15, 0.2) is 24.3 Å². The van der Waals surface area contributed by atoms with Crippen molar-refractivity contribution in [2.24, 2.45) is 5.92 Å². The fourth-order valence-corrected chi connectivity index (χ4v) is 2.09. The van der Waals surface area contributed by atoms with Crippen LogP contribution in [0.3, 0.4) is 0 Å². The number of hydrogen-bond donors (Lipinski definition) is 1. The van der Waals surface area contributed by atoms with E-state index < -0.39 is 18.0 Å². The van der Waals surface area contributed by atoms with Gasteiger partial charge in [-0.15, -0.1) is 0 Å². The summed E-state index contributed by atoms with van der Waals surface area (Å²) in [6.07, 6.45) is 12.0. The van der Waals surface area contributed by atoms with E-state index in [1.807, 2.05) is 33.3 Å². The number of quaternary nitrogens is 1. The highest BCUT2D eigenvalue weighted by atomic mass is 16.4. The molecule has 122 valence electrons. The van der Waals surface area contributed by atoms with Gasteiger partial charge in [-0.2, -0.15) is 0 Å². The second kappa shape index (κ2) is 10.6. The molecule has 0 heterocycles. The van der Waals surface area contributed by atoms with Gasteiger partial charge < -0.3 is 19.5 Å². The summed E-state index contributed by atoms with van der Waals surface area (Å²) < 4.78 is 0.506. The van der Waals surface area contributed by atoms with E-state index in [2.05, 4.69) is 6.92 Å². The number of unbranched alkanes of at least 4 members (excludes halogenated alkanes) is 4. The second-order valence-corrected chi connectivity index (χ2v) is 6.55. The van der Waals surface area contributed by atoms with Crippen molar-refractivity contribution in [1.82, 2.24) is 0 Å². The van der Waals surface area contributed by atoms with Crippen LogP contribution in [0.5, 0.6) is 0 Å². The number of hydrogen-bond acceptors (Lipinski definition) is 3. The zero-order valence-corrected chi connectivity index (χ0v) is 13.9. The maximum Gasteiger partial charge on any atom is 0.114 e. The number of aliphatic hydroxyl groups is 1. The van der Waals surface area contributed by atoms with E-state index >= 15 is 0 Å². The predicted molar refractivity (Wildman–Crippen MR) is 84.4 cm³/mol. The van der Waals surface area contributed by atoms with E-state index in [1.54, 1.807) is 6.08 Å². The number of carbonyl (C=O) groups excluding carboxylic acids is 1. The summed E-state index contributed by atoms with van der Waals surface area (Å²) in [6, 6.07) is 0. The van der Waals surface area contributed by atoms with Crippen molar-refractivity contribution in [3.63, 3.8) is 0 Å². The average molecular weight is 297 g/mol. The highest BCUT2D eigenvalue weighted by molar-refractivity contribution is 5.70. The van der Waals surface area contributed by atoms with Crippen LogP contribution in [-0.2, 0) is 4.79 Å². The molecule has 0 aromatic rings. The third-order valence-electron chi connectivity index (χ3n) is 3.21. The van der Waals surface area contributed by atoms with Gasteiger partial charge in [0, 0.05) is 5.92 Å². The Morgan fingerprint density at radius 3 is 2.38 bits per heavy atom. The molecule has 0 saturated heterocycles. The monoisotopic (exact) mass is 297 g/mol. The summed E-state index contributed by atoms with van der Waals surface area (Å²) in [7, 11) is 5.74. The van der Waals surface area contributed by atoms with Crippen molar-refractivity contribution in [2.45, 2.75) is 45.1 Å². The Morgan fingerprint density at radius 1 is 1.19 bits per heavy atom. The number of aliphatic hydroxyl groups excluding tert-OH is 1. The summed E-state index contributed by atoms with van der Waals surface area (Å²) in [5.41, 5.74) is 0. The van der Waals surface area contributed by atoms with Gasteiger partial charge in [0.2, 0.25) is 0 Å². The molecule has 0 spiro atoms. The van der Waals surface area contributed by atoms with Gasteiger partial charge in [-0.05, 0) is 12.8 Å². The topological polar surface area (TPSA) is 60.4 Å². The number of carboxylic acid groups (broad SMARTS) is 1. The molecule has 0 amide bonds. The molecule has 0 aromatic heterocycles. The molecule has 0 rings (SSSR count). The van der Waals surface area contributed by atoms with Gasteiger partial charge in [-0.1, -0.05) is 50.5 Å². The Labute approximate surface area is 129 Å². The molecule has 1 N–H and O–H groups in total. The van der Waals surface area contributed by atoms with E-state index in [9.17, 15) is 15.0 Å². The number of aliphatic carboxylic acids is 1. The summed E-state index contributed by atoms with van der Waals surface area (Å²) in [6.45, 7) is 2.55. The fraction of sp³-hybridized carbons (Fsp3) is 0.706. The number of carbonyl (C=O) groups is 1. The van der Waals surface area contributed by atoms with Crippen LogP contribution in [0.25, 0.3) is 0 Å². The Kier molecular flexibility index (Phi) is 10.0. The number of rotatable bonds is 11. The van der Waals surface area contributed by atoms with E-state index in [0.29, 0.717) is 11.0 Å². The Hall–Kier alpha value is -1.13. The molecule has 4 nitrogen and oxygen atoms in total. The maximum atomic E-state index is 11.1. The lowest BCUT2D eigenvalue weighted by Gasteiger charge is -2.30. The minimum atomic E-state index is -1.23. The van der Waals surface area contributed by atoms with Gasteiger partial charge in [0.15, 0.2) is 0 Å². The van der Waals surface area contributed by atoms with E-state index in [4.69, 9.17) is 0 Å². The molecule has 0 aliphatic heterocycles. The Bertz CT molecular complexity index is 342. The van der Waals surface area contributed by atoms with E-state index in [1.165, 1.54) is 25.3 Å². The molecule has 0 saturated carbocycles. The lowest BCUT2D eigenvalue weighted by Crippen LogP contribution is -2.47. The molecular weight excluding hydrogens is 266 g/mol. The first-order valence-electron chi connectivity index (χ1n) is 7.80. The fourth-order valence-electron chi connectivity index (χ4n) is 2.09. The van der Waals surface area contributed by atoms with Crippen LogP contribution in [0.1, 0.15) is 39.0 Å². The Balaban J connectivity index is 4.28. The normalized spacial score (nSPS) is 15.7. The zero-order valence-electron chi connectivity index (χ0n) is 13.9. The van der Waals surface area contributed by atoms with Gasteiger partial charge in [0.1, 0.15) is 12.6 Å². The van der Waals surface area contributed by atoms with Crippen molar-refractivity contribution in [3.05, 3.63) is 24.3 Å². The third kappa shape index (κ3) is 11.2. The van der Waals surface area contributed by atoms with Crippen molar-refractivity contribution in [2.75, 3.05) is 27.7 Å². The van der Waals surface area contributed by atoms with Gasteiger partial charge in [0.05, 0.1) is 27.1 Å². The van der Waals surface area contributed by atoms with Crippen molar-refractivity contribution in [3.8, 4) is 0 Å². The highest BCUT2D eigenvalue weighted by Crippen LogP contribution is 2.09.